The Morgan fingerprint density at radius 3 is 2.76 bits per heavy atom. The van der Waals surface area contributed by atoms with Gasteiger partial charge in [0.15, 0.2) is 0 Å². The van der Waals surface area contributed by atoms with Gasteiger partial charge in [-0.15, -0.1) is 0 Å². The molecule has 1 aliphatic rings. The molecule has 4 N–H and O–H groups in total. The Hall–Kier alpha value is -3.89. The van der Waals surface area contributed by atoms with Gasteiger partial charge in [0.2, 0.25) is 5.91 Å². The second-order valence-corrected chi connectivity index (χ2v) is 6.04. The number of rotatable bonds is 9. The van der Waals surface area contributed by atoms with Gasteiger partial charge in [0.1, 0.15) is 0 Å². The fourth-order valence-electron chi connectivity index (χ4n) is 2.99. The monoisotopic (exact) mass is 402 g/mol. The Morgan fingerprint density at radius 1 is 1.48 bits per heavy atom. The summed E-state index contributed by atoms with van der Waals surface area (Å²) in [6, 6.07) is 3.94. The number of aryl methyl sites for hydroxylation is 1. The molecular weight excluding hydrogens is 384 g/mol. The van der Waals surface area contributed by atoms with Crippen LogP contribution in [0.3, 0.4) is 0 Å². The first kappa shape index (κ1) is 21.4. The van der Waals surface area contributed by atoms with Gasteiger partial charge in [-0.05, 0) is 23.6 Å². The Kier molecular flexibility index (Phi) is 6.90. The maximum Gasteiger partial charge on any atom is 0.334 e. The second-order valence-electron chi connectivity index (χ2n) is 6.04. The number of carbonyl (C=O) groups is 2. The van der Waals surface area contributed by atoms with Gasteiger partial charge in [0.05, 0.1) is 35.3 Å². The van der Waals surface area contributed by atoms with Gasteiger partial charge in [-0.25, -0.2) is 4.79 Å². The lowest BCUT2D eigenvalue weighted by Crippen LogP contribution is -2.33. The lowest BCUT2D eigenvalue weighted by molar-refractivity contribution is -0.384. The number of benzene rings is 1. The number of hydrogen-bond donors (Lipinski definition) is 3. The predicted octanol–water partition coefficient (Wildman–Crippen LogP) is 1.62. The first-order chi connectivity index (χ1) is 13.8. The minimum atomic E-state index is -1.30. The molecule has 0 radical (unpaired) electrons. The zero-order valence-corrected chi connectivity index (χ0v) is 15.4. The summed E-state index contributed by atoms with van der Waals surface area (Å²) in [5.41, 5.74) is 14.4. The van der Waals surface area contributed by atoms with Gasteiger partial charge in [0, 0.05) is 35.4 Å². The molecule has 0 spiro atoms. The van der Waals surface area contributed by atoms with Crippen molar-refractivity contribution in [2.24, 2.45) is 10.8 Å². The number of hydrogen-bond acceptors (Lipinski definition) is 7. The summed E-state index contributed by atoms with van der Waals surface area (Å²) in [6.07, 6.45) is 1.30. The molecule has 0 aliphatic carbocycles. The Bertz CT molecular complexity index is 963. The molecule has 0 saturated heterocycles. The van der Waals surface area contributed by atoms with Gasteiger partial charge < -0.3 is 20.9 Å². The number of carboxylic acids is 1. The number of nitro groups is 1. The number of aliphatic carboxylic acids is 1. The Labute approximate surface area is 164 Å². The van der Waals surface area contributed by atoms with E-state index in [1.807, 2.05) is 0 Å². The van der Waals surface area contributed by atoms with Crippen LogP contribution in [-0.4, -0.2) is 41.7 Å². The zero-order valence-electron chi connectivity index (χ0n) is 15.4. The van der Waals surface area contributed by atoms with Crippen molar-refractivity contribution in [2.75, 3.05) is 19.8 Å². The number of dihydropyridines is 1. The standard InChI is InChI=1S/C17H18N6O6/c1-9-6-10(23(27)28)2-3-11(9)14-12(16(18)24)7-20-13(15(14)17(25)26)8-29-5-4-21-22-19/h2-3,6-7,14,20H,4-5,8H2,1H3,(H2,18,24)(H,25,26). The number of primary amides is 1. The molecule has 1 atom stereocenters. The van der Waals surface area contributed by atoms with Crippen LogP contribution in [0.4, 0.5) is 5.69 Å². The molecule has 1 aromatic rings. The van der Waals surface area contributed by atoms with E-state index in [1.54, 1.807) is 6.92 Å². The SMILES string of the molecule is Cc1cc([N+](=O)[O-])ccc1C1C(C(N)=O)=CNC(COCCN=[N+]=[N-])=C1C(=O)O. The molecule has 0 fully saturated rings. The van der Waals surface area contributed by atoms with Crippen LogP contribution in [-0.2, 0) is 14.3 Å². The highest BCUT2D eigenvalue weighted by atomic mass is 16.6. The quantitative estimate of drug-likeness (QED) is 0.139. The van der Waals surface area contributed by atoms with Crippen molar-refractivity contribution in [3.63, 3.8) is 0 Å². The maximum atomic E-state index is 12.0. The summed E-state index contributed by atoms with van der Waals surface area (Å²) >= 11 is 0. The van der Waals surface area contributed by atoms with Crippen LogP contribution >= 0.6 is 0 Å². The highest BCUT2D eigenvalue weighted by molar-refractivity contribution is 6.00. The largest absolute Gasteiger partial charge is 0.478 e. The average molecular weight is 402 g/mol. The molecule has 1 amide bonds. The first-order valence-corrected chi connectivity index (χ1v) is 8.34. The van der Waals surface area contributed by atoms with E-state index in [4.69, 9.17) is 16.0 Å². The number of nitrogens with one attached hydrogen (secondary N) is 1. The van der Waals surface area contributed by atoms with Crippen molar-refractivity contribution < 1.29 is 24.4 Å². The van der Waals surface area contributed by atoms with E-state index in [0.717, 1.165) is 0 Å². The Balaban J connectivity index is 2.49. The van der Waals surface area contributed by atoms with Crippen LogP contribution < -0.4 is 11.1 Å². The number of nitrogens with two attached hydrogens (primary N) is 1. The number of nitro benzene ring substituents is 1. The summed E-state index contributed by atoms with van der Waals surface area (Å²) in [7, 11) is 0. The van der Waals surface area contributed by atoms with E-state index in [9.17, 15) is 24.8 Å². The third-order valence-corrected chi connectivity index (χ3v) is 4.26. The van der Waals surface area contributed by atoms with Gasteiger partial charge in [-0.3, -0.25) is 14.9 Å². The number of nitrogens with zero attached hydrogens (tertiary/aromatic N) is 4. The van der Waals surface area contributed by atoms with Crippen molar-refractivity contribution in [2.45, 2.75) is 12.8 Å². The molecule has 0 bridgehead atoms. The third-order valence-electron chi connectivity index (χ3n) is 4.26. The predicted molar refractivity (Wildman–Crippen MR) is 100 cm³/mol. The van der Waals surface area contributed by atoms with Gasteiger partial charge in [-0.2, -0.15) is 0 Å². The normalized spacial score (nSPS) is 15.8. The van der Waals surface area contributed by atoms with E-state index < -0.39 is 22.7 Å². The molecule has 1 aliphatic heterocycles. The summed E-state index contributed by atoms with van der Waals surface area (Å²) < 4.78 is 5.33. The molecule has 0 aromatic heterocycles. The van der Waals surface area contributed by atoms with Crippen molar-refractivity contribution in [3.05, 3.63) is 72.9 Å². The van der Waals surface area contributed by atoms with Crippen molar-refractivity contribution in [1.82, 2.24) is 5.32 Å². The number of azide groups is 1. The number of amides is 1. The number of carboxylic acid groups (broad SMARTS) is 1. The van der Waals surface area contributed by atoms with Crippen molar-refractivity contribution in [1.29, 1.82) is 0 Å². The van der Waals surface area contributed by atoms with Gasteiger partial charge in [0.25, 0.3) is 5.69 Å². The zero-order chi connectivity index (χ0) is 21.6. The van der Waals surface area contributed by atoms with Crippen molar-refractivity contribution in [3.8, 4) is 0 Å². The molecule has 0 saturated carbocycles. The van der Waals surface area contributed by atoms with Crippen LogP contribution in [0.2, 0.25) is 0 Å². The molecule has 12 nitrogen and oxygen atoms in total. The topological polar surface area (TPSA) is 194 Å². The lowest BCUT2D eigenvalue weighted by atomic mass is 9.80. The summed E-state index contributed by atoms with van der Waals surface area (Å²) in [6.45, 7) is 1.57. The molecular formula is C17H18N6O6. The van der Waals surface area contributed by atoms with Crippen LogP contribution in [0.25, 0.3) is 10.4 Å². The highest BCUT2D eigenvalue weighted by Crippen LogP contribution is 2.38. The minimum absolute atomic E-state index is 0.00261. The molecule has 1 aromatic carbocycles. The number of carbonyl (C=O) groups excluding carboxylic acids is 1. The number of ether oxygens (including phenoxy) is 1. The van der Waals surface area contributed by atoms with E-state index in [1.165, 1.54) is 24.4 Å². The lowest BCUT2D eigenvalue weighted by Gasteiger charge is -2.28. The minimum Gasteiger partial charge on any atom is -0.478 e. The number of non-ortho nitro benzene ring substituents is 1. The third kappa shape index (κ3) is 4.89. The van der Waals surface area contributed by atoms with Gasteiger partial charge >= 0.3 is 5.97 Å². The molecule has 12 heteroatoms. The fourth-order valence-corrected chi connectivity index (χ4v) is 2.99. The van der Waals surface area contributed by atoms with Crippen molar-refractivity contribution >= 4 is 17.6 Å². The van der Waals surface area contributed by atoms with Gasteiger partial charge in [-0.1, -0.05) is 11.2 Å². The summed E-state index contributed by atoms with van der Waals surface area (Å²) in [4.78, 5) is 37.0. The smallest absolute Gasteiger partial charge is 0.334 e. The molecule has 152 valence electrons. The van der Waals surface area contributed by atoms with E-state index in [2.05, 4.69) is 15.3 Å². The second kappa shape index (κ2) is 9.35. The van der Waals surface area contributed by atoms with E-state index in [-0.39, 0.29) is 42.3 Å². The molecule has 2 rings (SSSR count). The van der Waals surface area contributed by atoms with E-state index >= 15 is 0 Å². The molecule has 29 heavy (non-hydrogen) atoms. The van der Waals surface area contributed by atoms with Crippen LogP contribution in [0.15, 0.2) is 46.4 Å². The molecule has 1 heterocycles. The Morgan fingerprint density at radius 2 is 2.21 bits per heavy atom. The van der Waals surface area contributed by atoms with Crippen LogP contribution in [0.1, 0.15) is 17.0 Å². The fraction of sp³-hybridized carbons (Fsp3) is 0.294. The van der Waals surface area contributed by atoms with E-state index in [0.29, 0.717) is 11.1 Å². The average Bonchev–Trinajstić information content (AvgIpc) is 2.66. The summed E-state index contributed by atoms with van der Waals surface area (Å²) in [5, 5.41) is 26.8. The van der Waals surface area contributed by atoms with Crippen LogP contribution in [0, 0.1) is 17.0 Å². The molecule has 1 unspecified atom stereocenters. The highest BCUT2D eigenvalue weighted by Gasteiger charge is 2.35. The first-order valence-electron chi connectivity index (χ1n) is 8.34. The maximum absolute atomic E-state index is 12.0. The summed E-state index contributed by atoms with van der Waals surface area (Å²) in [5.74, 6) is -3.18. The van der Waals surface area contributed by atoms with Crippen LogP contribution in [0.5, 0.6) is 0 Å².